The summed E-state index contributed by atoms with van der Waals surface area (Å²) < 4.78 is 2.86. The maximum atomic E-state index is 2.38. The summed E-state index contributed by atoms with van der Waals surface area (Å²) in [5.41, 5.74) is 13.9. The first-order valence-corrected chi connectivity index (χ1v) is 18.0. The molecule has 0 saturated carbocycles. The van der Waals surface area contributed by atoms with E-state index in [2.05, 4.69) is 140 Å². The van der Waals surface area contributed by atoms with Crippen LogP contribution >= 0.6 is 34.0 Å². The van der Waals surface area contributed by atoms with E-state index in [1.54, 1.807) is 0 Å². The van der Waals surface area contributed by atoms with Gasteiger partial charge in [-0.25, -0.2) is 0 Å². The van der Waals surface area contributed by atoms with Crippen molar-refractivity contribution in [1.82, 2.24) is 0 Å². The van der Waals surface area contributed by atoms with E-state index in [9.17, 15) is 0 Å². The van der Waals surface area contributed by atoms with Gasteiger partial charge in [-0.15, -0.1) is 34.0 Å². The van der Waals surface area contributed by atoms with Gasteiger partial charge in [0.2, 0.25) is 6.71 Å². The lowest BCUT2D eigenvalue weighted by molar-refractivity contribution is 1.29. The molecule has 3 heterocycles. The lowest BCUT2D eigenvalue weighted by Crippen LogP contribution is -2.53. The molecular formula is C39H40B2S3. The minimum absolute atomic E-state index is 0.228. The number of aryl methyl sites for hydroxylation is 5. The first kappa shape index (κ1) is 30.9. The molecule has 220 valence electrons. The summed E-state index contributed by atoms with van der Waals surface area (Å²) in [5.74, 6) is 0. The van der Waals surface area contributed by atoms with Crippen molar-refractivity contribution in [2.24, 2.45) is 0 Å². The molecule has 0 N–H and O–H groups in total. The first-order chi connectivity index (χ1) is 21.1. The van der Waals surface area contributed by atoms with Crippen LogP contribution in [0.2, 0.25) is 6.82 Å². The molecule has 0 bridgehead atoms. The third kappa shape index (κ3) is 6.20. The van der Waals surface area contributed by atoms with Gasteiger partial charge in [-0.3, -0.25) is 0 Å². The maximum Gasteiger partial charge on any atom is 0.254 e. The average Bonchev–Trinajstić information content (AvgIpc) is 3.72. The zero-order valence-corrected chi connectivity index (χ0v) is 29.6. The molecule has 0 saturated heterocycles. The molecule has 1 aliphatic rings. The second-order valence-electron chi connectivity index (χ2n) is 12.6. The summed E-state index contributed by atoms with van der Waals surface area (Å²) in [6.45, 7) is 18.7. The Morgan fingerprint density at radius 2 is 1.16 bits per heavy atom. The molecule has 0 atom stereocenters. The normalized spacial score (nSPS) is 13.3. The number of allylic oxidation sites excluding steroid dienone is 6. The van der Waals surface area contributed by atoms with E-state index in [4.69, 9.17) is 0 Å². The molecular weight excluding hydrogens is 586 g/mol. The predicted molar refractivity (Wildman–Crippen MR) is 204 cm³/mol. The highest BCUT2D eigenvalue weighted by Gasteiger charge is 2.29. The largest absolute Gasteiger partial charge is 0.254 e. The molecule has 5 heteroatoms. The Morgan fingerprint density at radius 3 is 1.82 bits per heavy atom. The van der Waals surface area contributed by atoms with Crippen molar-refractivity contribution in [1.29, 1.82) is 0 Å². The van der Waals surface area contributed by atoms with Crippen LogP contribution in [0.1, 0.15) is 48.1 Å². The molecule has 2 aromatic carbocycles. The van der Waals surface area contributed by atoms with Crippen molar-refractivity contribution in [2.75, 3.05) is 0 Å². The van der Waals surface area contributed by atoms with Crippen LogP contribution in [0.4, 0.5) is 0 Å². The zero-order chi connectivity index (χ0) is 31.1. The van der Waals surface area contributed by atoms with Crippen LogP contribution in [0.3, 0.4) is 0 Å². The van der Waals surface area contributed by atoms with Crippen LogP contribution in [-0.4, -0.2) is 13.4 Å². The van der Waals surface area contributed by atoms with Gasteiger partial charge < -0.3 is 0 Å². The average molecular weight is 627 g/mol. The fourth-order valence-electron chi connectivity index (χ4n) is 6.91. The Balaban J connectivity index is 1.32. The monoisotopic (exact) mass is 626 g/mol. The van der Waals surface area contributed by atoms with Gasteiger partial charge in [0.05, 0.1) is 0 Å². The molecule has 0 amide bonds. The smallest absolute Gasteiger partial charge is 0.149 e. The van der Waals surface area contributed by atoms with Crippen LogP contribution < -0.4 is 20.5 Å². The minimum atomic E-state index is 0.228. The number of thiophene rings is 3. The second-order valence-corrected chi connectivity index (χ2v) is 15.9. The van der Waals surface area contributed by atoms with Gasteiger partial charge in [0, 0.05) is 19.5 Å². The minimum Gasteiger partial charge on any atom is -0.149 e. The van der Waals surface area contributed by atoms with Gasteiger partial charge in [0.1, 0.15) is 0 Å². The quantitative estimate of drug-likeness (QED) is 0.158. The summed E-state index contributed by atoms with van der Waals surface area (Å²) in [7, 11) is 0. The fraction of sp³-hybridized carbons (Fsp3) is 0.231. The Kier molecular flexibility index (Phi) is 8.93. The molecule has 3 aromatic heterocycles. The van der Waals surface area contributed by atoms with E-state index < -0.39 is 0 Å². The van der Waals surface area contributed by atoms with Gasteiger partial charge in [0.15, 0.2) is 0 Å². The fourth-order valence-corrected chi connectivity index (χ4v) is 10.3. The van der Waals surface area contributed by atoms with E-state index in [0.29, 0.717) is 6.71 Å². The molecule has 0 radical (unpaired) electrons. The molecule has 5 aromatic rings. The topological polar surface area (TPSA) is 0 Å². The van der Waals surface area contributed by atoms with E-state index in [1.807, 2.05) is 34.0 Å². The van der Waals surface area contributed by atoms with Gasteiger partial charge in [-0.05, 0) is 88.7 Å². The standard InChI is InChI=1S/C39H40B2S3/c1-24-10-9-11-31(27(4)20-24)40(8)37-18-16-35(43-37)33-14-15-34(42-33)36-17-19-38(44-36)41(32-13-12-25(2)21-28(32)5)39-29(6)22-26(3)23-30(39)7/h9-10,12-23H,11H2,1-8H3. The van der Waals surface area contributed by atoms with E-state index in [0.717, 1.165) is 6.42 Å². The molecule has 0 nitrogen and oxygen atoms in total. The summed E-state index contributed by atoms with van der Waals surface area (Å²) in [6, 6.07) is 25.7. The molecule has 0 fully saturated rings. The Bertz CT molecular complexity index is 1920. The lowest BCUT2D eigenvalue weighted by atomic mass is 9.37. The van der Waals surface area contributed by atoms with Gasteiger partial charge in [-0.2, -0.15) is 0 Å². The van der Waals surface area contributed by atoms with Crippen LogP contribution in [-0.2, 0) is 0 Å². The van der Waals surface area contributed by atoms with E-state index >= 15 is 0 Å². The third-order valence-electron chi connectivity index (χ3n) is 9.01. The third-order valence-corrected chi connectivity index (χ3v) is 12.9. The van der Waals surface area contributed by atoms with Gasteiger partial charge in [0.25, 0.3) is 6.71 Å². The van der Waals surface area contributed by atoms with Gasteiger partial charge in [-0.1, -0.05) is 123 Å². The molecule has 0 aliphatic heterocycles. The van der Waals surface area contributed by atoms with Crippen molar-refractivity contribution in [3.8, 4) is 19.5 Å². The Labute approximate surface area is 277 Å². The summed E-state index contributed by atoms with van der Waals surface area (Å²) >= 11 is 5.83. The lowest BCUT2D eigenvalue weighted by Gasteiger charge is -2.21. The van der Waals surface area contributed by atoms with Crippen molar-refractivity contribution >= 4 is 67.9 Å². The predicted octanol–water partition coefficient (Wildman–Crippen LogP) is 9.36. The summed E-state index contributed by atoms with van der Waals surface area (Å²) in [4.78, 5) is 5.43. The molecule has 6 rings (SSSR count). The highest BCUT2D eigenvalue weighted by Crippen LogP contribution is 2.38. The molecule has 44 heavy (non-hydrogen) atoms. The Hall–Kier alpha value is -3.11. The number of benzene rings is 2. The first-order valence-electron chi connectivity index (χ1n) is 15.6. The highest BCUT2D eigenvalue weighted by atomic mass is 32.1. The van der Waals surface area contributed by atoms with Crippen LogP contribution in [0.5, 0.6) is 0 Å². The number of hydrogen-bond donors (Lipinski definition) is 0. The highest BCUT2D eigenvalue weighted by molar-refractivity contribution is 7.33. The number of rotatable bonds is 7. The molecule has 0 spiro atoms. The second kappa shape index (κ2) is 12.7. The zero-order valence-electron chi connectivity index (χ0n) is 27.2. The number of hydrogen-bond acceptors (Lipinski definition) is 3. The van der Waals surface area contributed by atoms with E-state index in [1.165, 1.54) is 84.4 Å². The van der Waals surface area contributed by atoms with Crippen LogP contribution in [0.15, 0.2) is 102 Å². The van der Waals surface area contributed by atoms with Crippen molar-refractivity contribution in [3.63, 3.8) is 0 Å². The Morgan fingerprint density at radius 1 is 0.591 bits per heavy atom. The van der Waals surface area contributed by atoms with Crippen LogP contribution in [0, 0.1) is 34.6 Å². The van der Waals surface area contributed by atoms with Crippen molar-refractivity contribution in [2.45, 2.75) is 61.7 Å². The molecule has 1 aliphatic carbocycles. The van der Waals surface area contributed by atoms with Crippen molar-refractivity contribution < 1.29 is 0 Å². The van der Waals surface area contributed by atoms with Gasteiger partial charge >= 0.3 is 0 Å². The summed E-state index contributed by atoms with van der Waals surface area (Å²) in [6.07, 6.45) is 7.93. The van der Waals surface area contributed by atoms with Crippen LogP contribution in [0.25, 0.3) is 19.5 Å². The SMILES string of the molecule is CB(C1=C(C)C=C(C)C=CC1)c1ccc(-c2ccc(-c3ccc(B(c4ccc(C)cc4C)c4c(C)cc(C)cc4C)s3)s2)s1. The summed E-state index contributed by atoms with van der Waals surface area (Å²) in [5, 5.41) is 0. The molecule has 0 unspecified atom stereocenters. The van der Waals surface area contributed by atoms with E-state index in [-0.39, 0.29) is 6.71 Å². The maximum absolute atomic E-state index is 2.38. The van der Waals surface area contributed by atoms with Crippen molar-refractivity contribution in [3.05, 3.63) is 129 Å².